The van der Waals surface area contributed by atoms with Crippen molar-refractivity contribution in [1.82, 2.24) is 10.2 Å². The number of methoxy groups -OCH3 is 1. The quantitative estimate of drug-likeness (QED) is 0.257. The third-order valence-electron chi connectivity index (χ3n) is 6.45. The molecule has 0 radical (unpaired) electrons. The Morgan fingerprint density at radius 3 is 2.29 bits per heavy atom. The lowest BCUT2D eigenvalue weighted by Crippen LogP contribution is -2.52. The van der Waals surface area contributed by atoms with Crippen LogP contribution in [0.25, 0.3) is 0 Å². The highest BCUT2D eigenvalue weighted by atomic mass is 32.2. The summed E-state index contributed by atoms with van der Waals surface area (Å²) >= 11 is 1.49. The fourth-order valence-corrected chi connectivity index (χ4v) is 6.12. The maximum absolute atomic E-state index is 14.1. The molecular weight excluding hydrogens is 574 g/mol. The van der Waals surface area contributed by atoms with Crippen LogP contribution in [0.4, 0.5) is 5.69 Å². The predicted molar refractivity (Wildman–Crippen MR) is 167 cm³/mol. The molecule has 0 heterocycles. The topological polar surface area (TPSA) is 105 Å². The summed E-state index contributed by atoms with van der Waals surface area (Å²) in [5, 5.41) is 2.85. The molecule has 3 rings (SSSR count). The maximum atomic E-state index is 14.1. The molecule has 0 aliphatic rings. The summed E-state index contributed by atoms with van der Waals surface area (Å²) in [5.74, 6) is 0.0163. The lowest BCUT2D eigenvalue weighted by molar-refractivity contribution is -0.139. The minimum atomic E-state index is -4.22. The van der Waals surface area contributed by atoms with E-state index in [4.69, 9.17) is 9.47 Å². The number of nitrogens with zero attached hydrogens (tertiary/aromatic N) is 2. The second kappa shape index (κ2) is 15.0. The second-order valence-electron chi connectivity index (χ2n) is 9.80. The average Bonchev–Trinajstić information content (AvgIpc) is 2.98. The highest BCUT2D eigenvalue weighted by Gasteiger charge is 2.34. The fraction of sp³-hybridized carbons (Fsp3) is 0.355. The van der Waals surface area contributed by atoms with Gasteiger partial charge in [0.1, 0.15) is 24.1 Å². The molecule has 0 aliphatic carbocycles. The van der Waals surface area contributed by atoms with Crippen LogP contribution in [-0.2, 0) is 26.2 Å². The third-order valence-corrected chi connectivity index (χ3v) is 8.96. The van der Waals surface area contributed by atoms with Gasteiger partial charge >= 0.3 is 0 Å². The van der Waals surface area contributed by atoms with Crippen molar-refractivity contribution in [3.05, 3.63) is 78.4 Å². The molecule has 9 nitrogen and oxygen atoms in total. The van der Waals surface area contributed by atoms with Crippen molar-refractivity contribution in [2.24, 2.45) is 0 Å². The molecule has 0 saturated carbocycles. The number of hydrogen-bond donors (Lipinski definition) is 1. The van der Waals surface area contributed by atoms with Gasteiger partial charge in [-0.05, 0) is 88.0 Å². The van der Waals surface area contributed by atoms with Gasteiger partial charge in [-0.3, -0.25) is 13.9 Å². The minimum absolute atomic E-state index is 0.0318. The monoisotopic (exact) mass is 613 g/mol. The predicted octanol–water partition coefficient (Wildman–Crippen LogP) is 4.95. The van der Waals surface area contributed by atoms with E-state index in [1.807, 2.05) is 26.2 Å². The Bertz CT molecular complexity index is 1460. The molecular formula is C31H39N3O6S2. The highest BCUT2D eigenvalue weighted by molar-refractivity contribution is 7.98. The number of thioether (sulfide) groups is 1. The van der Waals surface area contributed by atoms with E-state index in [2.05, 4.69) is 5.32 Å². The van der Waals surface area contributed by atoms with E-state index in [0.29, 0.717) is 18.1 Å². The standard InChI is InChI=1S/C31H39N3O6S2/c1-7-40-29-14-9-8-13-28(29)34(42(37,38)27-17-15-26(41-6)16-18-27)21-30(35)33(23(4)31(36)32-22(2)3)20-24-11-10-12-25(19-24)39-5/h8-19,22-23H,7,20-21H2,1-6H3,(H,32,36)/t23-/m0/s1. The first-order valence-corrected chi connectivity index (χ1v) is 16.3. The molecule has 0 aliphatic heterocycles. The van der Waals surface area contributed by atoms with Crippen LogP contribution in [0.2, 0.25) is 0 Å². The second-order valence-corrected chi connectivity index (χ2v) is 12.5. The minimum Gasteiger partial charge on any atom is -0.497 e. The summed E-state index contributed by atoms with van der Waals surface area (Å²) in [6, 6.07) is 19.3. The molecule has 1 atom stereocenters. The lowest BCUT2D eigenvalue weighted by Gasteiger charge is -2.32. The van der Waals surface area contributed by atoms with Crippen molar-refractivity contribution in [1.29, 1.82) is 0 Å². The first-order valence-electron chi connectivity index (χ1n) is 13.6. The van der Waals surface area contributed by atoms with Gasteiger partial charge < -0.3 is 19.7 Å². The Balaban J connectivity index is 2.09. The van der Waals surface area contributed by atoms with Crippen molar-refractivity contribution in [2.75, 3.05) is 30.8 Å². The Labute approximate surface area is 253 Å². The fourth-order valence-electron chi connectivity index (χ4n) is 4.28. The van der Waals surface area contributed by atoms with E-state index in [0.717, 1.165) is 14.8 Å². The molecule has 0 unspecified atom stereocenters. The van der Waals surface area contributed by atoms with E-state index in [1.165, 1.54) is 28.8 Å². The average molecular weight is 614 g/mol. The zero-order chi connectivity index (χ0) is 30.9. The van der Waals surface area contributed by atoms with Crippen LogP contribution in [0.15, 0.2) is 82.6 Å². The highest BCUT2D eigenvalue weighted by Crippen LogP contribution is 2.33. The van der Waals surface area contributed by atoms with Gasteiger partial charge in [0.25, 0.3) is 10.0 Å². The van der Waals surface area contributed by atoms with Crippen LogP contribution >= 0.6 is 11.8 Å². The van der Waals surface area contributed by atoms with Gasteiger partial charge in [0.2, 0.25) is 11.8 Å². The summed E-state index contributed by atoms with van der Waals surface area (Å²) in [6.07, 6.45) is 1.90. The normalized spacial score (nSPS) is 12.0. The zero-order valence-electron chi connectivity index (χ0n) is 24.9. The van der Waals surface area contributed by atoms with Gasteiger partial charge in [-0.15, -0.1) is 11.8 Å². The molecule has 3 aromatic rings. The molecule has 0 aromatic heterocycles. The molecule has 0 saturated heterocycles. The summed E-state index contributed by atoms with van der Waals surface area (Å²) in [5.41, 5.74) is 0.950. The number of rotatable bonds is 14. The first kappa shape index (κ1) is 32.8. The van der Waals surface area contributed by atoms with Gasteiger partial charge in [-0.1, -0.05) is 24.3 Å². The number of hydrogen-bond acceptors (Lipinski definition) is 7. The van der Waals surface area contributed by atoms with Crippen molar-refractivity contribution >= 4 is 39.3 Å². The van der Waals surface area contributed by atoms with Gasteiger partial charge in [0.15, 0.2) is 0 Å². The number of anilines is 1. The van der Waals surface area contributed by atoms with E-state index in [-0.39, 0.29) is 29.1 Å². The van der Waals surface area contributed by atoms with E-state index < -0.39 is 28.5 Å². The van der Waals surface area contributed by atoms with E-state index >= 15 is 0 Å². The molecule has 42 heavy (non-hydrogen) atoms. The van der Waals surface area contributed by atoms with Crippen LogP contribution in [0.3, 0.4) is 0 Å². The van der Waals surface area contributed by atoms with Crippen LogP contribution < -0.4 is 19.1 Å². The van der Waals surface area contributed by atoms with Gasteiger partial charge in [-0.25, -0.2) is 8.42 Å². The number of para-hydroxylation sites is 2. The van der Waals surface area contributed by atoms with Crippen molar-refractivity contribution in [3.8, 4) is 11.5 Å². The van der Waals surface area contributed by atoms with Crippen LogP contribution in [0.1, 0.15) is 33.3 Å². The molecule has 0 spiro atoms. The number of benzene rings is 3. The Morgan fingerprint density at radius 2 is 1.67 bits per heavy atom. The van der Waals surface area contributed by atoms with Crippen LogP contribution in [0, 0.1) is 0 Å². The first-order chi connectivity index (χ1) is 20.0. The van der Waals surface area contributed by atoms with Crippen LogP contribution in [-0.4, -0.2) is 63.7 Å². The molecule has 11 heteroatoms. The molecule has 2 amide bonds. The smallest absolute Gasteiger partial charge is 0.264 e. The number of sulfonamides is 1. The van der Waals surface area contributed by atoms with Gasteiger partial charge in [0, 0.05) is 17.5 Å². The Kier molecular flexibility index (Phi) is 11.7. The van der Waals surface area contributed by atoms with E-state index in [1.54, 1.807) is 75.6 Å². The molecule has 0 bridgehead atoms. The largest absolute Gasteiger partial charge is 0.497 e. The van der Waals surface area contributed by atoms with Gasteiger partial charge in [-0.2, -0.15) is 0 Å². The third kappa shape index (κ3) is 8.19. The summed E-state index contributed by atoms with van der Waals surface area (Å²) in [6.45, 7) is 6.90. The Morgan fingerprint density at radius 1 is 0.976 bits per heavy atom. The van der Waals surface area contributed by atoms with Crippen molar-refractivity contribution < 1.29 is 27.5 Å². The van der Waals surface area contributed by atoms with Crippen LogP contribution in [0.5, 0.6) is 11.5 Å². The Hall–Kier alpha value is -3.70. The summed E-state index contributed by atoms with van der Waals surface area (Å²) < 4.78 is 40.4. The SMILES string of the molecule is CCOc1ccccc1N(CC(=O)N(Cc1cccc(OC)c1)[C@@H](C)C(=O)NC(C)C)S(=O)(=O)c1ccc(SC)cc1. The summed E-state index contributed by atoms with van der Waals surface area (Å²) in [4.78, 5) is 29.6. The number of carbonyl (C=O) groups is 2. The van der Waals surface area contributed by atoms with Crippen molar-refractivity contribution in [2.45, 2.75) is 56.1 Å². The number of ether oxygens (including phenoxy) is 2. The number of amides is 2. The zero-order valence-corrected chi connectivity index (χ0v) is 26.5. The maximum Gasteiger partial charge on any atom is 0.264 e. The molecule has 226 valence electrons. The van der Waals surface area contributed by atoms with E-state index in [9.17, 15) is 18.0 Å². The molecule has 3 aromatic carbocycles. The molecule has 0 fully saturated rings. The summed E-state index contributed by atoms with van der Waals surface area (Å²) in [7, 11) is -2.67. The number of carbonyl (C=O) groups excluding carboxylic acids is 2. The number of nitrogens with one attached hydrogen (secondary N) is 1. The lowest BCUT2D eigenvalue weighted by atomic mass is 10.1. The van der Waals surface area contributed by atoms with Gasteiger partial charge in [0.05, 0.1) is 24.3 Å². The molecule has 1 N–H and O–H groups in total. The van der Waals surface area contributed by atoms with Crippen molar-refractivity contribution in [3.63, 3.8) is 0 Å².